The van der Waals surface area contributed by atoms with Crippen molar-refractivity contribution in [1.29, 1.82) is 0 Å². The highest BCUT2D eigenvalue weighted by Gasteiger charge is 2.43. The van der Waals surface area contributed by atoms with Crippen molar-refractivity contribution >= 4 is 17.7 Å². The number of carbonyl (C=O) groups excluding carboxylic acids is 1. The molecule has 138 valence electrons. The number of rotatable bonds is 3. The first kappa shape index (κ1) is 17.9. The summed E-state index contributed by atoms with van der Waals surface area (Å²) in [5.41, 5.74) is -0.0426. The summed E-state index contributed by atoms with van der Waals surface area (Å²) < 4.78 is 16.1. The Kier molecular flexibility index (Phi) is 4.43. The molecule has 0 aliphatic carbocycles. The molecule has 2 heterocycles. The van der Waals surface area contributed by atoms with E-state index < -0.39 is 29.4 Å². The number of halogens is 1. The predicted octanol–water partition coefficient (Wildman–Crippen LogP) is 2.90. The summed E-state index contributed by atoms with van der Waals surface area (Å²) in [6.07, 6.45) is 2.45. The zero-order valence-corrected chi connectivity index (χ0v) is 14.9. The molecule has 2 amide bonds. The summed E-state index contributed by atoms with van der Waals surface area (Å²) >= 11 is 0. The minimum Gasteiger partial charge on any atom is -0.465 e. The zero-order valence-electron chi connectivity index (χ0n) is 14.9. The molecular formula is C18H21FN4O3. The highest BCUT2D eigenvalue weighted by atomic mass is 19.1. The number of amides is 2. The Bertz CT molecular complexity index is 829. The van der Waals surface area contributed by atoms with Crippen LogP contribution in [0.3, 0.4) is 0 Å². The molecule has 3 rings (SSSR count). The van der Waals surface area contributed by atoms with Gasteiger partial charge in [0.05, 0.1) is 11.4 Å². The molecule has 1 aromatic carbocycles. The zero-order chi connectivity index (χ0) is 19.1. The fraction of sp³-hybridized carbons (Fsp3) is 0.389. The molecule has 8 heteroatoms. The van der Waals surface area contributed by atoms with Crippen LogP contribution in [0.15, 0.2) is 36.7 Å². The largest absolute Gasteiger partial charge is 0.465 e. The van der Waals surface area contributed by atoms with Crippen LogP contribution in [0.1, 0.15) is 27.2 Å². The molecule has 1 fully saturated rings. The van der Waals surface area contributed by atoms with Gasteiger partial charge in [-0.1, -0.05) is 0 Å². The Morgan fingerprint density at radius 2 is 2.12 bits per heavy atom. The van der Waals surface area contributed by atoms with Gasteiger partial charge in [0, 0.05) is 30.5 Å². The third-order valence-corrected chi connectivity index (χ3v) is 4.41. The normalized spacial score (nSPS) is 17.6. The summed E-state index contributed by atoms with van der Waals surface area (Å²) in [6, 6.07) is 5.41. The fourth-order valence-electron chi connectivity index (χ4n) is 3.31. The van der Waals surface area contributed by atoms with Crippen LogP contribution < -0.4 is 4.90 Å². The van der Waals surface area contributed by atoms with E-state index in [1.165, 1.54) is 21.7 Å². The van der Waals surface area contributed by atoms with Crippen molar-refractivity contribution in [2.24, 2.45) is 0 Å². The summed E-state index contributed by atoms with van der Waals surface area (Å²) in [5, 5.41) is 13.6. The topological polar surface area (TPSA) is 78.7 Å². The highest BCUT2D eigenvalue weighted by molar-refractivity contribution is 6.01. The van der Waals surface area contributed by atoms with E-state index in [4.69, 9.17) is 0 Å². The van der Waals surface area contributed by atoms with E-state index in [9.17, 15) is 19.1 Å². The Hall–Kier alpha value is -2.90. The SMILES string of the molecule is CC(C)(C)N(C(=O)O)[C@H]1CCN(c2ccc(-n3cccn3)cc2F)C1=O. The Morgan fingerprint density at radius 3 is 2.65 bits per heavy atom. The second-order valence-corrected chi connectivity index (χ2v) is 7.20. The predicted molar refractivity (Wildman–Crippen MR) is 93.9 cm³/mol. The van der Waals surface area contributed by atoms with Crippen molar-refractivity contribution in [3.8, 4) is 5.69 Å². The molecule has 1 aliphatic heterocycles. The second-order valence-electron chi connectivity index (χ2n) is 7.20. The van der Waals surface area contributed by atoms with Gasteiger partial charge >= 0.3 is 6.09 Å². The minimum atomic E-state index is -1.16. The summed E-state index contributed by atoms with van der Waals surface area (Å²) in [7, 11) is 0. The maximum absolute atomic E-state index is 14.6. The first-order valence-corrected chi connectivity index (χ1v) is 8.33. The smallest absolute Gasteiger partial charge is 0.408 e. The third-order valence-electron chi connectivity index (χ3n) is 4.41. The molecule has 0 unspecified atom stereocenters. The lowest BCUT2D eigenvalue weighted by Crippen LogP contribution is -2.54. The van der Waals surface area contributed by atoms with E-state index in [-0.39, 0.29) is 12.2 Å². The minimum absolute atomic E-state index is 0.146. The van der Waals surface area contributed by atoms with Gasteiger partial charge in [-0.25, -0.2) is 13.9 Å². The van der Waals surface area contributed by atoms with Crippen molar-refractivity contribution in [2.75, 3.05) is 11.4 Å². The van der Waals surface area contributed by atoms with Gasteiger partial charge in [0.2, 0.25) is 5.91 Å². The Balaban J connectivity index is 1.87. The number of carboxylic acid groups (broad SMARTS) is 1. The number of aromatic nitrogens is 2. The number of hydrogen-bond donors (Lipinski definition) is 1. The van der Waals surface area contributed by atoms with Crippen molar-refractivity contribution in [3.05, 3.63) is 42.5 Å². The van der Waals surface area contributed by atoms with Crippen LogP contribution in [0.4, 0.5) is 14.9 Å². The monoisotopic (exact) mass is 360 g/mol. The average molecular weight is 360 g/mol. The standard InChI is InChI=1S/C18H21FN4O3/c1-18(2,3)23(17(25)26)15-7-10-21(16(15)24)14-6-5-12(11-13(14)19)22-9-4-8-20-22/h4-6,8-9,11,15H,7,10H2,1-3H3,(H,25,26)/t15-/m0/s1. The van der Waals surface area contributed by atoms with E-state index in [0.717, 1.165) is 4.90 Å². The van der Waals surface area contributed by atoms with Gasteiger partial charge in [-0.2, -0.15) is 5.10 Å². The van der Waals surface area contributed by atoms with E-state index in [0.29, 0.717) is 12.1 Å². The van der Waals surface area contributed by atoms with Crippen molar-refractivity contribution in [1.82, 2.24) is 14.7 Å². The molecule has 7 nitrogen and oxygen atoms in total. The van der Waals surface area contributed by atoms with Gasteiger partial charge in [0.15, 0.2) is 0 Å². The maximum atomic E-state index is 14.6. The van der Waals surface area contributed by atoms with Crippen LogP contribution in [0.2, 0.25) is 0 Å². The highest BCUT2D eigenvalue weighted by Crippen LogP contribution is 2.31. The molecule has 1 aromatic heterocycles. The van der Waals surface area contributed by atoms with Crippen LogP contribution in [0.5, 0.6) is 0 Å². The number of nitrogens with zero attached hydrogens (tertiary/aromatic N) is 4. The van der Waals surface area contributed by atoms with E-state index in [1.54, 1.807) is 45.3 Å². The molecular weight excluding hydrogens is 339 g/mol. The van der Waals surface area contributed by atoms with Crippen LogP contribution in [0, 0.1) is 5.82 Å². The van der Waals surface area contributed by atoms with Crippen LogP contribution in [-0.4, -0.2) is 49.9 Å². The quantitative estimate of drug-likeness (QED) is 0.913. The molecule has 1 N–H and O–H groups in total. The number of anilines is 1. The molecule has 1 saturated heterocycles. The van der Waals surface area contributed by atoms with Gasteiger partial charge in [-0.05, 0) is 45.4 Å². The summed E-state index contributed by atoms with van der Waals surface area (Å²) in [6.45, 7) is 5.46. The lowest BCUT2D eigenvalue weighted by atomic mass is 10.0. The van der Waals surface area contributed by atoms with E-state index in [1.807, 2.05) is 0 Å². The van der Waals surface area contributed by atoms with Crippen molar-refractivity contribution in [3.63, 3.8) is 0 Å². The number of carbonyl (C=O) groups is 2. The van der Waals surface area contributed by atoms with Gasteiger partial charge in [-0.3, -0.25) is 9.69 Å². The van der Waals surface area contributed by atoms with Crippen LogP contribution >= 0.6 is 0 Å². The van der Waals surface area contributed by atoms with Gasteiger partial charge in [0.1, 0.15) is 11.9 Å². The first-order valence-electron chi connectivity index (χ1n) is 8.33. The first-order chi connectivity index (χ1) is 12.2. The van der Waals surface area contributed by atoms with Gasteiger partial charge in [-0.15, -0.1) is 0 Å². The molecule has 0 radical (unpaired) electrons. The van der Waals surface area contributed by atoms with Gasteiger partial charge < -0.3 is 10.0 Å². The molecule has 0 saturated carbocycles. The molecule has 26 heavy (non-hydrogen) atoms. The molecule has 2 aromatic rings. The molecule has 0 spiro atoms. The molecule has 1 atom stereocenters. The van der Waals surface area contributed by atoms with E-state index >= 15 is 0 Å². The molecule has 1 aliphatic rings. The number of benzene rings is 1. The third kappa shape index (κ3) is 3.14. The van der Waals surface area contributed by atoms with Crippen LogP contribution in [0.25, 0.3) is 5.69 Å². The second kappa shape index (κ2) is 6.44. The Morgan fingerprint density at radius 1 is 1.38 bits per heavy atom. The number of hydrogen-bond acceptors (Lipinski definition) is 3. The lowest BCUT2D eigenvalue weighted by Gasteiger charge is -2.36. The lowest BCUT2D eigenvalue weighted by molar-refractivity contribution is -0.122. The Labute approximate surface area is 150 Å². The van der Waals surface area contributed by atoms with Crippen molar-refractivity contribution < 1.29 is 19.1 Å². The molecule has 0 bridgehead atoms. The maximum Gasteiger partial charge on any atom is 0.408 e. The van der Waals surface area contributed by atoms with Crippen LogP contribution in [-0.2, 0) is 4.79 Å². The summed E-state index contributed by atoms with van der Waals surface area (Å²) in [4.78, 5) is 26.9. The van der Waals surface area contributed by atoms with Crippen molar-refractivity contribution in [2.45, 2.75) is 38.8 Å². The average Bonchev–Trinajstić information content (AvgIpc) is 3.17. The summed E-state index contributed by atoms with van der Waals surface area (Å²) in [5.74, 6) is -0.960. The van der Waals surface area contributed by atoms with E-state index in [2.05, 4.69) is 5.10 Å². The van der Waals surface area contributed by atoms with Gasteiger partial charge in [0.25, 0.3) is 0 Å². The fourth-order valence-corrected chi connectivity index (χ4v) is 3.31.